The molecule has 35 heavy (non-hydrogen) atoms. The van der Waals surface area contributed by atoms with Gasteiger partial charge >= 0.3 is 6.09 Å². The standard InChI is InChI=1S/C27H29N5O3/c1-27(2,3)35-26(34)32-22-10-9-20(13-22)24(32)25(33)31-21(15-29)12-17-4-7-19(8-5-17)23-11-6-18(14-28)16-30-23/h4-8,11,16,20-22,24H,9-10,12-13H2,1-3H3,(H,31,33)/t20-,21-,22+,24-/m0/s1. The minimum atomic E-state index is -0.721. The summed E-state index contributed by atoms with van der Waals surface area (Å²) < 4.78 is 5.56. The molecule has 2 aromatic rings. The van der Waals surface area contributed by atoms with Crippen LogP contribution in [0.3, 0.4) is 0 Å². The van der Waals surface area contributed by atoms with Gasteiger partial charge in [0.15, 0.2) is 0 Å². The number of likely N-dealkylation sites (tertiary alicyclic amines) is 1. The molecule has 4 rings (SSSR count). The maximum atomic E-state index is 13.2. The molecule has 1 aliphatic heterocycles. The Kier molecular flexibility index (Phi) is 6.75. The molecule has 8 heteroatoms. The number of fused-ring (bicyclic) bond motifs is 2. The first-order valence-corrected chi connectivity index (χ1v) is 11.9. The minimum Gasteiger partial charge on any atom is -0.444 e. The van der Waals surface area contributed by atoms with Gasteiger partial charge in [-0.05, 0) is 63.6 Å². The molecule has 0 radical (unpaired) electrons. The smallest absolute Gasteiger partial charge is 0.411 e. The van der Waals surface area contributed by atoms with Gasteiger partial charge in [-0.15, -0.1) is 0 Å². The lowest BCUT2D eigenvalue weighted by Gasteiger charge is -2.35. The molecule has 1 aromatic heterocycles. The molecule has 1 N–H and O–H groups in total. The molecule has 2 bridgehead atoms. The number of pyridine rings is 1. The molecular weight excluding hydrogens is 442 g/mol. The van der Waals surface area contributed by atoms with E-state index in [0.717, 1.165) is 36.1 Å². The highest BCUT2D eigenvalue weighted by Gasteiger charge is 2.52. The van der Waals surface area contributed by atoms with Crippen LogP contribution in [0.2, 0.25) is 0 Å². The number of aromatic nitrogens is 1. The second-order valence-corrected chi connectivity index (χ2v) is 10.2. The number of carbonyl (C=O) groups is 2. The summed E-state index contributed by atoms with van der Waals surface area (Å²) in [5.41, 5.74) is 2.39. The van der Waals surface area contributed by atoms with Crippen LogP contribution in [0.25, 0.3) is 11.3 Å². The first kappa shape index (κ1) is 24.2. The summed E-state index contributed by atoms with van der Waals surface area (Å²) in [6.45, 7) is 5.42. The van der Waals surface area contributed by atoms with Gasteiger partial charge in [0, 0.05) is 24.2 Å². The van der Waals surface area contributed by atoms with Gasteiger partial charge in [-0.25, -0.2) is 4.79 Å². The van der Waals surface area contributed by atoms with Crippen LogP contribution < -0.4 is 5.32 Å². The molecule has 2 aliphatic rings. The lowest BCUT2D eigenvalue weighted by atomic mass is 9.97. The molecule has 4 atom stereocenters. The molecular formula is C27H29N5O3. The number of rotatable bonds is 5. The van der Waals surface area contributed by atoms with Crippen LogP contribution in [0.15, 0.2) is 42.6 Å². The number of piperidine rings is 1. The van der Waals surface area contributed by atoms with Gasteiger partial charge in [-0.3, -0.25) is 14.7 Å². The number of hydrogen-bond donors (Lipinski definition) is 1. The first-order chi connectivity index (χ1) is 16.7. The van der Waals surface area contributed by atoms with E-state index in [1.165, 1.54) is 6.20 Å². The van der Waals surface area contributed by atoms with Crippen LogP contribution in [-0.4, -0.2) is 45.6 Å². The topological polar surface area (TPSA) is 119 Å². The Morgan fingerprint density at radius 3 is 2.51 bits per heavy atom. The van der Waals surface area contributed by atoms with Crippen molar-refractivity contribution in [2.45, 2.75) is 70.2 Å². The van der Waals surface area contributed by atoms with Gasteiger partial charge in [0.25, 0.3) is 0 Å². The quantitative estimate of drug-likeness (QED) is 0.705. The summed E-state index contributed by atoms with van der Waals surface area (Å²) in [6, 6.07) is 14.0. The van der Waals surface area contributed by atoms with Crippen molar-refractivity contribution in [3.05, 3.63) is 53.7 Å². The van der Waals surface area contributed by atoms with Crippen LogP contribution in [0.5, 0.6) is 0 Å². The fourth-order valence-electron chi connectivity index (χ4n) is 4.97. The number of ether oxygens (including phenoxy) is 1. The van der Waals surface area contributed by atoms with Crippen LogP contribution in [-0.2, 0) is 16.0 Å². The maximum Gasteiger partial charge on any atom is 0.411 e. The van der Waals surface area contributed by atoms with Crippen molar-refractivity contribution in [1.82, 2.24) is 15.2 Å². The van der Waals surface area contributed by atoms with E-state index >= 15 is 0 Å². The number of hydrogen-bond acceptors (Lipinski definition) is 6. The van der Waals surface area contributed by atoms with Crippen molar-refractivity contribution in [3.63, 3.8) is 0 Å². The Labute approximate surface area is 205 Å². The fraction of sp³-hybridized carbons (Fsp3) is 0.444. The Hall–Kier alpha value is -3.91. The van der Waals surface area contributed by atoms with E-state index < -0.39 is 23.8 Å². The van der Waals surface area contributed by atoms with Crippen molar-refractivity contribution < 1.29 is 14.3 Å². The van der Waals surface area contributed by atoms with Gasteiger partial charge < -0.3 is 10.1 Å². The molecule has 180 valence electrons. The van der Waals surface area contributed by atoms with Crippen molar-refractivity contribution in [2.24, 2.45) is 5.92 Å². The predicted octanol–water partition coefficient (Wildman–Crippen LogP) is 3.96. The zero-order valence-corrected chi connectivity index (χ0v) is 20.2. The molecule has 2 heterocycles. The van der Waals surface area contributed by atoms with E-state index in [4.69, 9.17) is 10.00 Å². The third-order valence-corrected chi connectivity index (χ3v) is 6.51. The van der Waals surface area contributed by atoms with Gasteiger partial charge in [-0.1, -0.05) is 24.3 Å². The molecule has 1 saturated heterocycles. The Morgan fingerprint density at radius 2 is 1.91 bits per heavy atom. The average molecular weight is 472 g/mol. The second kappa shape index (κ2) is 9.76. The molecule has 8 nitrogen and oxygen atoms in total. The average Bonchev–Trinajstić information content (AvgIpc) is 3.45. The second-order valence-electron chi connectivity index (χ2n) is 10.2. The molecule has 1 aromatic carbocycles. The summed E-state index contributed by atoms with van der Waals surface area (Å²) in [6.07, 6.45) is 3.96. The normalized spacial score (nSPS) is 21.6. The summed E-state index contributed by atoms with van der Waals surface area (Å²) in [5, 5.41) is 21.5. The SMILES string of the molecule is CC(C)(C)OC(=O)N1[C@@H]2CC[C@@H](C2)[C@H]1C(=O)N[C@H](C#N)Cc1ccc(-c2ccc(C#N)cn2)cc1. The van der Waals surface area contributed by atoms with Crippen molar-refractivity contribution >= 4 is 12.0 Å². The molecule has 2 fully saturated rings. The largest absolute Gasteiger partial charge is 0.444 e. The lowest BCUT2D eigenvalue weighted by Crippen LogP contribution is -2.55. The predicted molar refractivity (Wildman–Crippen MR) is 129 cm³/mol. The van der Waals surface area contributed by atoms with Crippen LogP contribution >= 0.6 is 0 Å². The van der Waals surface area contributed by atoms with Crippen molar-refractivity contribution in [1.29, 1.82) is 10.5 Å². The van der Waals surface area contributed by atoms with Crippen molar-refractivity contribution in [3.8, 4) is 23.4 Å². The number of nitrogens with one attached hydrogen (secondary N) is 1. The van der Waals surface area contributed by atoms with Gasteiger partial charge in [-0.2, -0.15) is 10.5 Å². The van der Waals surface area contributed by atoms with Gasteiger partial charge in [0.2, 0.25) is 5.91 Å². The molecule has 0 unspecified atom stereocenters. The lowest BCUT2D eigenvalue weighted by molar-refractivity contribution is -0.128. The molecule has 1 aliphatic carbocycles. The Bertz CT molecular complexity index is 1170. The van der Waals surface area contributed by atoms with E-state index in [2.05, 4.69) is 16.4 Å². The molecule has 0 spiro atoms. The third kappa shape index (κ3) is 5.44. The van der Waals surface area contributed by atoms with Crippen LogP contribution in [0, 0.1) is 28.6 Å². The number of benzene rings is 1. The first-order valence-electron chi connectivity index (χ1n) is 11.9. The minimum absolute atomic E-state index is 0.00881. The van der Waals surface area contributed by atoms with E-state index in [-0.39, 0.29) is 17.9 Å². The van der Waals surface area contributed by atoms with Crippen LogP contribution in [0.1, 0.15) is 51.2 Å². The molecule has 2 amide bonds. The van der Waals surface area contributed by atoms with Gasteiger partial charge in [0.1, 0.15) is 23.8 Å². The van der Waals surface area contributed by atoms with E-state index in [9.17, 15) is 14.9 Å². The third-order valence-electron chi connectivity index (χ3n) is 6.51. The Morgan fingerprint density at radius 1 is 1.17 bits per heavy atom. The van der Waals surface area contributed by atoms with E-state index in [1.807, 2.05) is 51.1 Å². The van der Waals surface area contributed by atoms with Gasteiger partial charge in [0.05, 0.1) is 17.3 Å². The highest BCUT2D eigenvalue weighted by molar-refractivity contribution is 5.87. The van der Waals surface area contributed by atoms with E-state index in [1.54, 1.807) is 17.0 Å². The van der Waals surface area contributed by atoms with E-state index in [0.29, 0.717) is 12.0 Å². The molecule has 1 saturated carbocycles. The summed E-state index contributed by atoms with van der Waals surface area (Å²) in [5.74, 6) is -0.209. The zero-order valence-electron chi connectivity index (χ0n) is 20.2. The fourth-order valence-corrected chi connectivity index (χ4v) is 4.97. The number of carbonyl (C=O) groups excluding carboxylic acids is 2. The monoisotopic (exact) mass is 471 g/mol. The highest BCUT2D eigenvalue weighted by atomic mass is 16.6. The number of nitrogens with zero attached hydrogens (tertiary/aromatic N) is 4. The summed E-state index contributed by atoms with van der Waals surface area (Å²) in [7, 11) is 0. The summed E-state index contributed by atoms with van der Waals surface area (Å²) in [4.78, 5) is 31.9. The Balaban J connectivity index is 1.41. The van der Waals surface area contributed by atoms with Crippen molar-refractivity contribution in [2.75, 3.05) is 0 Å². The number of amides is 2. The number of nitriles is 2. The maximum absolute atomic E-state index is 13.2. The summed E-state index contributed by atoms with van der Waals surface area (Å²) >= 11 is 0. The van der Waals surface area contributed by atoms with Crippen LogP contribution in [0.4, 0.5) is 4.79 Å². The zero-order chi connectivity index (χ0) is 25.2. The highest BCUT2D eigenvalue weighted by Crippen LogP contribution is 2.43.